The summed E-state index contributed by atoms with van der Waals surface area (Å²) >= 11 is 0. The number of para-hydroxylation sites is 1. The average Bonchev–Trinajstić information content (AvgIpc) is 2.15. The van der Waals surface area contributed by atoms with Crippen LogP contribution in [0.3, 0.4) is 0 Å². The van der Waals surface area contributed by atoms with E-state index in [-0.39, 0.29) is 5.39 Å². The van der Waals surface area contributed by atoms with Crippen LogP contribution in [0, 0.1) is 11.6 Å². The Bertz CT molecular complexity index is 518. The van der Waals surface area contributed by atoms with E-state index >= 15 is 0 Å². The Morgan fingerprint density at radius 1 is 1.08 bits per heavy atom. The number of hydrogen-bond acceptors (Lipinski definition) is 1. The van der Waals surface area contributed by atoms with E-state index in [2.05, 4.69) is 4.98 Å². The molecule has 1 aromatic carbocycles. The molecule has 2 rings (SSSR count). The van der Waals surface area contributed by atoms with E-state index in [1.807, 2.05) is 0 Å². The average molecular weight is 181 g/mol. The van der Waals surface area contributed by atoms with Crippen molar-refractivity contribution in [1.82, 2.24) is 4.98 Å². The van der Waals surface area contributed by atoms with E-state index < -0.39 is 17.2 Å². The number of pyridine rings is 1. The van der Waals surface area contributed by atoms with Crippen LogP contribution < -0.4 is 5.56 Å². The van der Waals surface area contributed by atoms with Crippen LogP contribution in [0.25, 0.3) is 10.9 Å². The van der Waals surface area contributed by atoms with Gasteiger partial charge in [-0.3, -0.25) is 4.79 Å². The second kappa shape index (κ2) is 2.65. The van der Waals surface area contributed by atoms with Gasteiger partial charge in [-0.2, -0.15) is 4.39 Å². The minimum atomic E-state index is -1.36. The van der Waals surface area contributed by atoms with Gasteiger partial charge in [0.2, 0.25) is 5.82 Å². The summed E-state index contributed by atoms with van der Waals surface area (Å²) in [7, 11) is 0. The molecule has 13 heavy (non-hydrogen) atoms. The first-order valence-electron chi connectivity index (χ1n) is 3.66. The molecule has 2 nitrogen and oxygen atoms in total. The van der Waals surface area contributed by atoms with Gasteiger partial charge >= 0.3 is 0 Å². The fourth-order valence-electron chi connectivity index (χ4n) is 1.18. The third-order valence-electron chi connectivity index (χ3n) is 1.80. The molecule has 1 aromatic heterocycles. The van der Waals surface area contributed by atoms with E-state index in [4.69, 9.17) is 0 Å². The Hall–Kier alpha value is -1.71. The molecule has 66 valence electrons. The largest absolute Gasteiger partial charge is 0.319 e. The monoisotopic (exact) mass is 181 g/mol. The summed E-state index contributed by atoms with van der Waals surface area (Å²) in [5.41, 5.74) is -0.734. The van der Waals surface area contributed by atoms with Crippen LogP contribution in [-0.4, -0.2) is 4.98 Å². The molecule has 0 aliphatic carbocycles. The number of H-pyrrole nitrogens is 1. The van der Waals surface area contributed by atoms with Gasteiger partial charge in [0, 0.05) is 5.39 Å². The molecule has 0 amide bonds. The van der Waals surface area contributed by atoms with Gasteiger partial charge in [0.15, 0.2) is 5.82 Å². The SMILES string of the molecule is O=c1[nH]c2ccccc2c(F)c1F. The number of aromatic nitrogens is 1. The zero-order chi connectivity index (χ0) is 9.42. The van der Waals surface area contributed by atoms with Gasteiger partial charge in [-0.25, -0.2) is 4.39 Å². The van der Waals surface area contributed by atoms with Crippen molar-refractivity contribution in [2.45, 2.75) is 0 Å². The van der Waals surface area contributed by atoms with Gasteiger partial charge in [-0.1, -0.05) is 12.1 Å². The topological polar surface area (TPSA) is 32.9 Å². The first-order chi connectivity index (χ1) is 6.20. The van der Waals surface area contributed by atoms with Crippen molar-refractivity contribution in [3.05, 3.63) is 46.3 Å². The minimum absolute atomic E-state index is 0.0830. The maximum absolute atomic E-state index is 13.1. The molecule has 1 heterocycles. The predicted molar refractivity (Wildman–Crippen MR) is 44.5 cm³/mol. The minimum Gasteiger partial charge on any atom is -0.319 e. The lowest BCUT2D eigenvalue weighted by Gasteiger charge is -1.98. The van der Waals surface area contributed by atoms with Crippen LogP contribution in [0.1, 0.15) is 0 Å². The van der Waals surface area contributed by atoms with Crippen LogP contribution in [0.4, 0.5) is 8.78 Å². The second-order valence-corrected chi connectivity index (χ2v) is 2.63. The Balaban J connectivity index is 3.02. The van der Waals surface area contributed by atoms with Gasteiger partial charge in [-0.15, -0.1) is 0 Å². The Morgan fingerprint density at radius 2 is 1.77 bits per heavy atom. The molecular formula is C9H5F2NO. The van der Waals surface area contributed by atoms with Gasteiger partial charge in [0.1, 0.15) is 0 Å². The number of benzene rings is 1. The summed E-state index contributed by atoms with van der Waals surface area (Å²) < 4.78 is 25.8. The normalized spacial score (nSPS) is 10.6. The fourth-order valence-corrected chi connectivity index (χ4v) is 1.18. The zero-order valence-electron chi connectivity index (χ0n) is 6.47. The van der Waals surface area contributed by atoms with Gasteiger partial charge < -0.3 is 4.98 Å². The van der Waals surface area contributed by atoms with E-state index in [1.54, 1.807) is 12.1 Å². The van der Waals surface area contributed by atoms with Crippen molar-refractivity contribution in [2.75, 3.05) is 0 Å². The number of hydrogen-bond donors (Lipinski definition) is 1. The molecule has 0 aliphatic rings. The second-order valence-electron chi connectivity index (χ2n) is 2.63. The van der Waals surface area contributed by atoms with Crippen LogP contribution in [0.15, 0.2) is 29.1 Å². The van der Waals surface area contributed by atoms with E-state index in [0.717, 1.165) is 0 Å². The molecule has 0 unspecified atom stereocenters. The first-order valence-corrected chi connectivity index (χ1v) is 3.66. The molecule has 2 aromatic rings. The summed E-state index contributed by atoms with van der Waals surface area (Å²) in [4.78, 5) is 13.0. The molecule has 4 heteroatoms. The standard InChI is InChI=1S/C9H5F2NO/c10-7-5-3-1-2-4-6(5)12-9(13)8(7)11/h1-4H,(H,12,13). The van der Waals surface area contributed by atoms with E-state index in [1.165, 1.54) is 12.1 Å². The highest BCUT2D eigenvalue weighted by molar-refractivity contribution is 5.78. The molecule has 0 radical (unpaired) electrons. The highest BCUT2D eigenvalue weighted by atomic mass is 19.2. The summed E-state index contributed by atoms with van der Waals surface area (Å²) in [6.07, 6.45) is 0. The van der Waals surface area contributed by atoms with Crippen molar-refractivity contribution >= 4 is 10.9 Å². The molecule has 1 N–H and O–H groups in total. The number of halogens is 2. The lowest BCUT2D eigenvalue weighted by molar-refractivity contribution is 0.505. The molecule has 0 bridgehead atoms. The Labute approximate surface area is 71.8 Å². The Morgan fingerprint density at radius 3 is 2.54 bits per heavy atom. The Kier molecular flexibility index (Phi) is 1.62. The summed E-state index contributed by atoms with van der Waals surface area (Å²) in [6.45, 7) is 0. The van der Waals surface area contributed by atoms with Crippen LogP contribution in [0.2, 0.25) is 0 Å². The van der Waals surface area contributed by atoms with Crippen molar-refractivity contribution in [3.63, 3.8) is 0 Å². The highest BCUT2D eigenvalue weighted by Gasteiger charge is 2.10. The molecule has 0 atom stereocenters. The number of rotatable bonds is 0. The maximum atomic E-state index is 13.1. The van der Waals surface area contributed by atoms with Crippen molar-refractivity contribution in [1.29, 1.82) is 0 Å². The van der Waals surface area contributed by atoms with Crippen molar-refractivity contribution in [2.24, 2.45) is 0 Å². The maximum Gasteiger partial charge on any atom is 0.287 e. The lowest BCUT2D eigenvalue weighted by Crippen LogP contribution is -2.12. The molecule has 0 saturated carbocycles. The summed E-state index contributed by atoms with van der Waals surface area (Å²) in [5.74, 6) is -2.46. The predicted octanol–water partition coefficient (Wildman–Crippen LogP) is 1.81. The van der Waals surface area contributed by atoms with Crippen LogP contribution in [-0.2, 0) is 0 Å². The number of aromatic amines is 1. The molecular weight excluding hydrogens is 176 g/mol. The summed E-state index contributed by atoms with van der Waals surface area (Å²) in [5, 5.41) is 0.0830. The van der Waals surface area contributed by atoms with Crippen LogP contribution in [0.5, 0.6) is 0 Å². The quantitative estimate of drug-likeness (QED) is 0.660. The fraction of sp³-hybridized carbons (Fsp3) is 0. The van der Waals surface area contributed by atoms with E-state index in [0.29, 0.717) is 5.52 Å². The highest BCUT2D eigenvalue weighted by Crippen LogP contribution is 2.14. The third kappa shape index (κ3) is 1.11. The van der Waals surface area contributed by atoms with Gasteiger partial charge in [0.25, 0.3) is 5.56 Å². The lowest BCUT2D eigenvalue weighted by atomic mass is 10.2. The number of nitrogens with one attached hydrogen (secondary N) is 1. The molecule has 0 spiro atoms. The third-order valence-corrected chi connectivity index (χ3v) is 1.80. The van der Waals surface area contributed by atoms with Crippen LogP contribution >= 0.6 is 0 Å². The molecule has 0 fully saturated rings. The summed E-state index contributed by atoms with van der Waals surface area (Å²) in [6, 6.07) is 6.13. The van der Waals surface area contributed by atoms with Gasteiger partial charge in [0.05, 0.1) is 5.52 Å². The van der Waals surface area contributed by atoms with Crippen molar-refractivity contribution < 1.29 is 8.78 Å². The van der Waals surface area contributed by atoms with E-state index in [9.17, 15) is 13.6 Å². The van der Waals surface area contributed by atoms with Gasteiger partial charge in [-0.05, 0) is 12.1 Å². The number of fused-ring (bicyclic) bond motifs is 1. The molecule has 0 aliphatic heterocycles. The molecule has 0 saturated heterocycles. The van der Waals surface area contributed by atoms with Crippen molar-refractivity contribution in [3.8, 4) is 0 Å². The smallest absolute Gasteiger partial charge is 0.287 e. The first kappa shape index (κ1) is 7.91. The zero-order valence-corrected chi connectivity index (χ0v) is 6.47.